The van der Waals surface area contributed by atoms with Crippen molar-refractivity contribution in [2.24, 2.45) is 0 Å². The summed E-state index contributed by atoms with van der Waals surface area (Å²) >= 11 is 0. The fourth-order valence-electron chi connectivity index (χ4n) is 4.43. The number of unbranched alkanes of at least 4 members (excludes halogenated alkanes) is 7. The van der Waals surface area contributed by atoms with Gasteiger partial charge in [0, 0.05) is 19.9 Å². The molecular formula is C30H47NO10. The summed E-state index contributed by atoms with van der Waals surface area (Å²) in [5.41, 5.74) is -0.162. The van der Waals surface area contributed by atoms with Crippen LogP contribution in [0.15, 0.2) is 36.4 Å². The number of nitrogens with zero attached hydrogens (tertiary/aromatic N) is 1. The van der Waals surface area contributed by atoms with E-state index < -0.39 is 54.6 Å². The molecule has 0 aromatic heterocycles. The first-order valence-electron chi connectivity index (χ1n) is 15.2. The van der Waals surface area contributed by atoms with Crippen molar-refractivity contribution in [3.8, 4) is 5.75 Å². The highest BCUT2D eigenvalue weighted by atomic mass is 16.7. The average molecular weight is 583 g/mol. The minimum Gasteiger partial charge on any atom is -0.463 e. The fourth-order valence-corrected chi connectivity index (χ4v) is 4.43. The van der Waals surface area contributed by atoms with Gasteiger partial charge in [-0.15, -0.1) is 0 Å². The Balaban J connectivity index is 1.63. The zero-order chi connectivity index (χ0) is 30.9. The molecule has 1 aromatic carbocycles. The molecule has 0 spiro atoms. The molecular weight excluding hydrogens is 534 g/mol. The minimum absolute atomic E-state index is 0.123. The Hall–Kier alpha value is -2.57. The normalized spacial score (nSPS) is 24.5. The molecule has 1 aromatic rings. The van der Waals surface area contributed by atoms with E-state index in [0.29, 0.717) is 19.3 Å². The van der Waals surface area contributed by atoms with Gasteiger partial charge < -0.3 is 34.6 Å². The van der Waals surface area contributed by atoms with E-state index >= 15 is 0 Å². The van der Waals surface area contributed by atoms with E-state index in [0.717, 1.165) is 38.5 Å². The molecule has 0 bridgehead atoms. The zero-order valence-electron chi connectivity index (χ0n) is 24.9. The molecule has 4 N–H and O–H groups in total. The molecule has 0 saturated carbocycles. The van der Waals surface area contributed by atoms with Crippen LogP contribution in [0.25, 0.3) is 0 Å². The number of aliphatic hydroxyl groups is 4. The van der Waals surface area contributed by atoms with Crippen molar-refractivity contribution in [3.63, 3.8) is 0 Å². The van der Waals surface area contributed by atoms with E-state index in [1.807, 2.05) is 6.08 Å². The van der Waals surface area contributed by atoms with Gasteiger partial charge in [0.05, 0.1) is 11.0 Å². The van der Waals surface area contributed by atoms with Crippen molar-refractivity contribution in [2.75, 3.05) is 6.61 Å². The van der Waals surface area contributed by atoms with Crippen molar-refractivity contribution < 1.29 is 45.7 Å². The number of carbonyl (C=O) groups excluding carboxylic acids is 1. The SMILES string of the molecule is [2H]C(CCCCCC/C=C\C[C@H](O)CCCCCC)C(=O)OC[C@H]1OC(Oc2ccc([N+](=O)[O-])cc2)[C@H](O)[C@@H](O)[C@@H]1O. The number of non-ortho nitro benzene ring substituents is 1. The van der Waals surface area contributed by atoms with Crippen LogP contribution in [-0.4, -0.2) is 74.7 Å². The van der Waals surface area contributed by atoms with Crippen LogP contribution in [0, 0.1) is 10.1 Å². The largest absolute Gasteiger partial charge is 0.463 e. The van der Waals surface area contributed by atoms with Crippen LogP contribution in [0.4, 0.5) is 5.69 Å². The first kappa shape index (κ1) is 32.9. The standard InChI is InChI=1S/C30H47NO10/c1-2-3-4-11-14-23(32)15-12-9-7-5-6-8-10-13-16-26(33)39-21-25-27(34)28(35)29(36)30(41-25)40-24-19-17-22(18-20-24)31(37)38/h9,12,17-20,23,25,27-30,32,34-36H,2-8,10-11,13-16,21H2,1H3/b12-9-/t23-,25-,27-,28+,29-,30?/m1/s1/i16D/t16?,23-,25-,27-,28+,29-,30?. The molecule has 11 heteroatoms. The lowest BCUT2D eigenvalue weighted by Crippen LogP contribution is -2.60. The molecule has 1 saturated heterocycles. The highest BCUT2D eigenvalue weighted by molar-refractivity contribution is 5.69. The third-order valence-corrected chi connectivity index (χ3v) is 6.96. The number of nitro groups is 1. The molecule has 41 heavy (non-hydrogen) atoms. The lowest BCUT2D eigenvalue weighted by Gasteiger charge is -2.39. The maximum Gasteiger partial charge on any atom is 0.305 e. The molecule has 2 rings (SSSR count). The van der Waals surface area contributed by atoms with Crippen molar-refractivity contribution in [2.45, 2.75) is 127 Å². The molecule has 11 nitrogen and oxygen atoms in total. The number of nitro benzene ring substituents is 1. The molecule has 0 aliphatic carbocycles. The monoisotopic (exact) mass is 582 g/mol. The average Bonchev–Trinajstić information content (AvgIpc) is 2.98. The number of rotatable bonds is 20. The van der Waals surface area contributed by atoms with E-state index in [1.54, 1.807) is 0 Å². The van der Waals surface area contributed by atoms with Gasteiger partial charge in [0.1, 0.15) is 36.8 Å². The summed E-state index contributed by atoms with van der Waals surface area (Å²) < 4.78 is 24.2. The van der Waals surface area contributed by atoms with Crippen molar-refractivity contribution in [1.82, 2.24) is 0 Å². The Kier molecular flexibility index (Phi) is 15.7. The first-order valence-corrected chi connectivity index (χ1v) is 14.7. The lowest BCUT2D eigenvalue weighted by molar-refractivity contribution is -0.384. The number of ether oxygens (including phenoxy) is 3. The summed E-state index contributed by atoms with van der Waals surface area (Å²) in [5.74, 6) is -0.659. The minimum atomic E-state index is -1.66. The highest BCUT2D eigenvalue weighted by Crippen LogP contribution is 2.26. The van der Waals surface area contributed by atoms with E-state index in [4.69, 9.17) is 15.6 Å². The predicted molar refractivity (Wildman–Crippen MR) is 152 cm³/mol. The van der Waals surface area contributed by atoms with Gasteiger partial charge in [-0.25, -0.2) is 0 Å². The van der Waals surface area contributed by atoms with Crippen LogP contribution >= 0.6 is 0 Å². The molecule has 1 fully saturated rings. The van der Waals surface area contributed by atoms with E-state index in [1.165, 1.54) is 43.5 Å². The number of esters is 1. The quantitative estimate of drug-likeness (QED) is 0.0571. The predicted octanol–water partition coefficient (Wildman–Crippen LogP) is 4.33. The Bertz CT molecular complexity index is 947. The number of hydrogen-bond acceptors (Lipinski definition) is 10. The van der Waals surface area contributed by atoms with Gasteiger partial charge in [0.2, 0.25) is 6.29 Å². The molecule has 1 aliphatic heterocycles. The number of aliphatic hydroxyl groups excluding tert-OH is 4. The zero-order valence-corrected chi connectivity index (χ0v) is 23.9. The second-order valence-corrected chi connectivity index (χ2v) is 10.4. The number of carbonyl (C=O) groups is 1. The maximum atomic E-state index is 12.3. The number of hydrogen-bond donors (Lipinski definition) is 4. The van der Waals surface area contributed by atoms with Gasteiger partial charge >= 0.3 is 5.97 Å². The first-order chi connectivity index (χ1) is 20.1. The summed E-state index contributed by atoms with van der Waals surface area (Å²) in [6, 6.07) is 4.99. The van der Waals surface area contributed by atoms with Crippen molar-refractivity contribution in [1.29, 1.82) is 0 Å². The topological polar surface area (TPSA) is 169 Å². The summed E-state index contributed by atoms with van der Waals surface area (Å²) in [5, 5.41) is 51.5. The summed E-state index contributed by atoms with van der Waals surface area (Å²) in [4.78, 5) is 22.5. The second-order valence-electron chi connectivity index (χ2n) is 10.4. The fraction of sp³-hybridized carbons (Fsp3) is 0.700. The summed E-state index contributed by atoms with van der Waals surface area (Å²) in [6.07, 6.45) is 6.16. The Morgan fingerprint density at radius 2 is 1.71 bits per heavy atom. The maximum absolute atomic E-state index is 12.3. The van der Waals surface area contributed by atoms with Gasteiger partial charge in [-0.1, -0.05) is 64.0 Å². The lowest BCUT2D eigenvalue weighted by atomic mass is 9.99. The third kappa shape index (κ3) is 13.3. The van der Waals surface area contributed by atoms with Crippen LogP contribution < -0.4 is 4.74 Å². The molecule has 232 valence electrons. The van der Waals surface area contributed by atoms with Gasteiger partial charge in [-0.2, -0.15) is 0 Å². The van der Waals surface area contributed by atoms with Crippen LogP contribution in [-0.2, 0) is 14.3 Å². The molecule has 0 amide bonds. The molecule has 1 aliphatic rings. The summed E-state index contributed by atoms with van der Waals surface area (Å²) in [6.45, 7) is 1.71. The van der Waals surface area contributed by atoms with E-state index in [2.05, 4.69) is 13.0 Å². The molecule has 2 unspecified atom stereocenters. The van der Waals surface area contributed by atoms with Crippen LogP contribution in [0.3, 0.4) is 0 Å². The Morgan fingerprint density at radius 1 is 1.02 bits per heavy atom. The van der Waals surface area contributed by atoms with Crippen LogP contribution in [0.5, 0.6) is 5.75 Å². The Labute approximate surface area is 243 Å². The second kappa shape index (κ2) is 19.5. The molecule has 0 radical (unpaired) electrons. The third-order valence-electron chi connectivity index (χ3n) is 6.96. The smallest absolute Gasteiger partial charge is 0.305 e. The molecule has 1 heterocycles. The van der Waals surface area contributed by atoms with Gasteiger partial charge in [-0.3, -0.25) is 14.9 Å². The van der Waals surface area contributed by atoms with Gasteiger partial charge in [-0.05, 0) is 44.2 Å². The van der Waals surface area contributed by atoms with Crippen LogP contribution in [0.2, 0.25) is 0 Å². The van der Waals surface area contributed by atoms with Crippen LogP contribution in [0.1, 0.15) is 91.7 Å². The van der Waals surface area contributed by atoms with Gasteiger partial charge in [0.25, 0.3) is 5.69 Å². The van der Waals surface area contributed by atoms with Crippen molar-refractivity contribution >= 4 is 11.7 Å². The highest BCUT2D eigenvalue weighted by Gasteiger charge is 2.45. The van der Waals surface area contributed by atoms with Crippen molar-refractivity contribution in [3.05, 3.63) is 46.5 Å². The van der Waals surface area contributed by atoms with E-state index in [-0.39, 0.29) is 17.5 Å². The number of allylic oxidation sites excluding steroid dienone is 1. The summed E-state index contributed by atoms with van der Waals surface area (Å²) in [7, 11) is 0. The van der Waals surface area contributed by atoms with Gasteiger partial charge in [0.15, 0.2) is 0 Å². The van der Waals surface area contributed by atoms with E-state index in [9.17, 15) is 35.3 Å². The molecule has 7 atom stereocenters. The Morgan fingerprint density at radius 3 is 2.41 bits per heavy atom. The number of benzene rings is 1.